The van der Waals surface area contributed by atoms with Crippen LogP contribution in [-0.4, -0.2) is 25.2 Å². The van der Waals surface area contributed by atoms with E-state index in [-0.39, 0.29) is 17.9 Å². The van der Waals surface area contributed by atoms with Gasteiger partial charge in [-0.2, -0.15) is 0 Å². The summed E-state index contributed by atoms with van der Waals surface area (Å²) >= 11 is 0. The van der Waals surface area contributed by atoms with E-state index in [4.69, 9.17) is 4.74 Å². The summed E-state index contributed by atoms with van der Waals surface area (Å²) < 4.78 is 17.9. The lowest BCUT2D eigenvalue weighted by atomic mass is 10.3. The highest BCUT2D eigenvalue weighted by molar-refractivity contribution is 5.74. The Labute approximate surface area is 100 Å². The first-order valence-corrected chi connectivity index (χ1v) is 5.50. The zero-order chi connectivity index (χ0) is 12.7. The van der Waals surface area contributed by atoms with Crippen LogP contribution in [0.3, 0.4) is 0 Å². The molecule has 0 saturated heterocycles. The Kier molecular flexibility index (Phi) is 5.26. The highest BCUT2D eigenvalue weighted by Gasteiger charge is 2.01. The van der Waals surface area contributed by atoms with E-state index in [9.17, 15) is 9.18 Å². The van der Waals surface area contributed by atoms with Crippen molar-refractivity contribution in [2.75, 3.05) is 13.2 Å². The van der Waals surface area contributed by atoms with Crippen molar-refractivity contribution in [3.05, 3.63) is 30.1 Å². The molecule has 0 aliphatic rings. The summed E-state index contributed by atoms with van der Waals surface area (Å²) in [7, 11) is 0. The van der Waals surface area contributed by atoms with Gasteiger partial charge in [0.2, 0.25) is 0 Å². The number of carbonyl (C=O) groups excluding carboxylic acids is 1. The van der Waals surface area contributed by atoms with Gasteiger partial charge >= 0.3 is 6.03 Å². The predicted octanol–water partition coefficient (Wildman–Crippen LogP) is 1.91. The van der Waals surface area contributed by atoms with Crippen LogP contribution < -0.4 is 15.4 Å². The Morgan fingerprint density at radius 3 is 2.59 bits per heavy atom. The second-order valence-electron chi connectivity index (χ2n) is 3.86. The fourth-order valence-electron chi connectivity index (χ4n) is 1.18. The fraction of sp³-hybridized carbons (Fsp3) is 0.417. The highest BCUT2D eigenvalue weighted by atomic mass is 19.1. The van der Waals surface area contributed by atoms with Crippen molar-refractivity contribution < 1.29 is 13.9 Å². The van der Waals surface area contributed by atoms with E-state index in [1.165, 1.54) is 12.1 Å². The number of hydrogen-bond acceptors (Lipinski definition) is 2. The van der Waals surface area contributed by atoms with E-state index in [0.717, 1.165) is 0 Å². The van der Waals surface area contributed by atoms with Gasteiger partial charge in [0.1, 0.15) is 18.2 Å². The van der Waals surface area contributed by atoms with E-state index in [0.29, 0.717) is 18.9 Å². The lowest BCUT2D eigenvalue weighted by Crippen LogP contribution is -2.41. The van der Waals surface area contributed by atoms with Crippen LogP contribution in [0, 0.1) is 5.82 Å². The first kappa shape index (κ1) is 13.3. The Hall–Kier alpha value is -1.78. The van der Waals surface area contributed by atoms with Gasteiger partial charge in [-0.05, 0) is 38.1 Å². The third-order valence-electron chi connectivity index (χ3n) is 1.89. The molecule has 17 heavy (non-hydrogen) atoms. The maximum atomic E-state index is 12.6. The molecule has 0 aromatic heterocycles. The average Bonchev–Trinajstić information content (AvgIpc) is 2.26. The van der Waals surface area contributed by atoms with E-state index < -0.39 is 0 Å². The van der Waals surface area contributed by atoms with Gasteiger partial charge < -0.3 is 15.4 Å². The number of amides is 2. The second-order valence-corrected chi connectivity index (χ2v) is 3.86. The summed E-state index contributed by atoms with van der Waals surface area (Å²) in [4.78, 5) is 11.2. The molecule has 0 aliphatic carbocycles. The zero-order valence-corrected chi connectivity index (χ0v) is 10.00. The predicted molar refractivity (Wildman–Crippen MR) is 63.6 cm³/mol. The SMILES string of the molecule is CC(C)NC(=O)NCCOc1ccc(F)cc1. The van der Waals surface area contributed by atoms with Crippen molar-refractivity contribution in [3.8, 4) is 5.75 Å². The van der Waals surface area contributed by atoms with E-state index in [1.807, 2.05) is 13.8 Å². The van der Waals surface area contributed by atoms with Gasteiger partial charge in [-0.3, -0.25) is 0 Å². The molecule has 0 aliphatic heterocycles. The topological polar surface area (TPSA) is 50.4 Å². The molecular formula is C12H17FN2O2. The highest BCUT2D eigenvalue weighted by Crippen LogP contribution is 2.10. The van der Waals surface area contributed by atoms with Crippen molar-refractivity contribution in [1.82, 2.24) is 10.6 Å². The number of urea groups is 1. The molecule has 2 amide bonds. The summed E-state index contributed by atoms with van der Waals surface area (Å²) in [6.07, 6.45) is 0. The van der Waals surface area contributed by atoms with Crippen LogP contribution in [0.15, 0.2) is 24.3 Å². The normalized spacial score (nSPS) is 10.1. The number of benzene rings is 1. The molecule has 0 heterocycles. The molecule has 0 saturated carbocycles. The minimum Gasteiger partial charge on any atom is -0.492 e. The van der Waals surface area contributed by atoms with Crippen molar-refractivity contribution >= 4 is 6.03 Å². The average molecular weight is 240 g/mol. The monoisotopic (exact) mass is 240 g/mol. The minimum absolute atomic E-state index is 0.105. The van der Waals surface area contributed by atoms with Gasteiger partial charge in [-0.1, -0.05) is 0 Å². The summed E-state index contributed by atoms with van der Waals surface area (Å²) in [5.41, 5.74) is 0. The first-order chi connectivity index (χ1) is 8.08. The van der Waals surface area contributed by atoms with Gasteiger partial charge in [-0.15, -0.1) is 0 Å². The van der Waals surface area contributed by atoms with Crippen LogP contribution in [0.1, 0.15) is 13.8 Å². The van der Waals surface area contributed by atoms with Crippen molar-refractivity contribution in [2.45, 2.75) is 19.9 Å². The molecule has 1 rings (SSSR count). The first-order valence-electron chi connectivity index (χ1n) is 5.50. The van der Waals surface area contributed by atoms with Crippen molar-refractivity contribution in [3.63, 3.8) is 0 Å². The fourth-order valence-corrected chi connectivity index (χ4v) is 1.18. The molecule has 0 atom stereocenters. The van der Waals surface area contributed by atoms with Crippen LogP contribution >= 0.6 is 0 Å². The van der Waals surface area contributed by atoms with Gasteiger partial charge in [-0.25, -0.2) is 9.18 Å². The second kappa shape index (κ2) is 6.73. The van der Waals surface area contributed by atoms with E-state index in [1.54, 1.807) is 12.1 Å². The van der Waals surface area contributed by atoms with Crippen LogP contribution in [0.2, 0.25) is 0 Å². The number of nitrogens with one attached hydrogen (secondary N) is 2. The Bertz CT molecular complexity index is 352. The summed E-state index contributed by atoms with van der Waals surface area (Å²) in [6, 6.07) is 5.63. The number of rotatable bonds is 5. The molecular weight excluding hydrogens is 223 g/mol. The number of ether oxygens (including phenoxy) is 1. The van der Waals surface area contributed by atoms with Crippen LogP contribution in [0.4, 0.5) is 9.18 Å². The van der Waals surface area contributed by atoms with Gasteiger partial charge in [0.25, 0.3) is 0 Å². The summed E-state index contributed by atoms with van der Waals surface area (Å²) in [6.45, 7) is 4.51. The molecule has 1 aromatic rings. The van der Waals surface area contributed by atoms with Crippen LogP contribution in [0.25, 0.3) is 0 Å². The quantitative estimate of drug-likeness (QED) is 0.772. The minimum atomic E-state index is -0.299. The standard InChI is InChI=1S/C12H17FN2O2/c1-9(2)15-12(16)14-7-8-17-11-5-3-10(13)4-6-11/h3-6,9H,7-8H2,1-2H3,(H2,14,15,16). The van der Waals surface area contributed by atoms with Crippen LogP contribution in [-0.2, 0) is 0 Å². The Balaban J connectivity index is 2.16. The van der Waals surface area contributed by atoms with E-state index >= 15 is 0 Å². The van der Waals surface area contributed by atoms with Gasteiger partial charge in [0, 0.05) is 6.04 Å². The maximum absolute atomic E-state index is 12.6. The largest absolute Gasteiger partial charge is 0.492 e. The third kappa shape index (κ3) is 5.75. The smallest absolute Gasteiger partial charge is 0.315 e. The lowest BCUT2D eigenvalue weighted by molar-refractivity contribution is 0.234. The van der Waals surface area contributed by atoms with Gasteiger partial charge in [0.15, 0.2) is 0 Å². The van der Waals surface area contributed by atoms with Gasteiger partial charge in [0.05, 0.1) is 6.54 Å². The molecule has 0 radical (unpaired) electrons. The lowest BCUT2D eigenvalue weighted by Gasteiger charge is -2.10. The van der Waals surface area contributed by atoms with Crippen LogP contribution in [0.5, 0.6) is 5.75 Å². The molecule has 5 heteroatoms. The Morgan fingerprint density at radius 2 is 2.00 bits per heavy atom. The number of halogens is 1. The zero-order valence-electron chi connectivity index (χ0n) is 10.00. The van der Waals surface area contributed by atoms with Crippen molar-refractivity contribution in [1.29, 1.82) is 0 Å². The van der Waals surface area contributed by atoms with Crippen molar-refractivity contribution in [2.24, 2.45) is 0 Å². The molecule has 2 N–H and O–H groups in total. The van der Waals surface area contributed by atoms with E-state index in [2.05, 4.69) is 10.6 Å². The molecule has 4 nitrogen and oxygen atoms in total. The number of hydrogen-bond donors (Lipinski definition) is 2. The Morgan fingerprint density at radius 1 is 1.35 bits per heavy atom. The summed E-state index contributed by atoms with van der Waals surface area (Å²) in [5.74, 6) is 0.282. The third-order valence-corrected chi connectivity index (χ3v) is 1.89. The molecule has 94 valence electrons. The summed E-state index contributed by atoms with van der Waals surface area (Å²) in [5, 5.41) is 5.34. The molecule has 1 aromatic carbocycles. The molecule has 0 bridgehead atoms. The maximum Gasteiger partial charge on any atom is 0.315 e. The molecule has 0 spiro atoms. The molecule has 0 unspecified atom stereocenters. The number of carbonyl (C=O) groups is 1. The molecule has 0 fully saturated rings.